The van der Waals surface area contributed by atoms with Gasteiger partial charge >= 0.3 is 0 Å². The van der Waals surface area contributed by atoms with Gasteiger partial charge < -0.3 is 9.32 Å². The van der Waals surface area contributed by atoms with E-state index in [0.717, 1.165) is 0 Å². The van der Waals surface area contributed by atoms with Crippen LogP contribution in [0.1, 0.15) is 19.7 Å². The molecule has 24 heavy (non-hydrogen) atoms. The molecular weight excluding hydrogens is 314 g/mol. The maximum absolute atomic E-state index is 12.0. The Kier molecular flexibility index (Phi) is 4.93. The fourth-order valence-corrected chi connectivity index (χ4v) is 2.10. The van der Waals surface area contributed by atoms with Crippen molar-refractivity contribution in [2.75, 3.05) is 14.1 Å². The smallest absolute Gasteiger partial charge is 0.269 e. The summed E-state index contributed by atoms with van der Waals surface area (Å²) in [6, 6.07) is 5.83. The molecule has 0 spiro atoms. The summed E-state index contributed by atoms with van der Waals surface area (Å²) >= 11 is 0. The van der Waals surface area contributed by atoms with E-state index in [2.05, 4.69) is 15.5 Å². The van der Waals surface area contributed by atoms with E-state index < -0.39 is 10.5 Å². The lowest BCUT2D eigenvalue weighted by molar-refractivity contribution is -0.384. The Balaban J connectivity index is 2.05. The normalized spacial score (nSPS) is 11.3. The van der Waals surface area contributed by atoms with E-state index in [9.17, 15) is 14.9 Å². The number of nitro benzene ring substituents is 1. The molecule has 9 nitrogen and oxygen atoms in total. The summed E-state index contributed by atoms with van der Waals surface area (Å²) in [6.07, 6.45) is 0. The Morgan fingerprint density at radius 2 is 1.92 bits per heavy atom. The van der Waals surface area contributed by atoms with E-state index in [1.807, 2.05) is 0 Å². The van der Waals surface area contributed by atoms with Gasteiger partial charge in [0.25, 0.3) is 5.69 Å². The lowest BCUT2D eigenvalue weighted by atomic mass is 10.0. The average molecular weight is 333 g/mol. The molecule has 2 aromatic rings. The number of nitro groups is 1. The number of aromatic nitrogens is 2. The number of nitrogens with one attached hydrogen (secondary N) is 1. The van der Waals surface area contributed by atoms with Crippen molar-refractivity contribution in [2.45, 2.75) is 25.9 Å². The third kappa shape index (κ3) is 3.93. The fraction of sp³-hybridized carbons (Fsp3) is 0.400. The number of nitrogens with zero attached hydrogens (tertiary/aromatic N) is 4. The first-order chi connectivity index (χ1) is 11.2. The summed E-state index contributed by atoms with van der Waals surface area (Å²) in [5, 5.41) is 21.6. The van der Waals surface area contributed by atoms with Crippen LogP contribution in [0.4, 0.5) is 5.69 Å². The Morgan fingerprint density at radius 3 is 2.46 bits per heavy atom. The van der Waals surface area contributed by atoms with E-state index in [4.69, 9.17) is 4.42 Å². The number of benzene rings is 1. The number of amides is 1. The quantitative estimate of drug-likeness (QED) is 0.630. The van der Waals surface area contributed by atoms with Crippen molar-refractivity contribution in [1.29, 1.82) is 0 Å². The van der Waals surface area contributed by atoms with Gasteiger partial charge in [-0.05, 0) is 26.0 Å². The maximum Gasteiger partial charge on any atom is 0.269 e. The van der Waals surface area contributed by atoms with Crippen molar-refractivity contribution >= 4 is 11.6 Å². The minimum Gasteiger partial charge on any atom is -0.419 e. The minimum absolute atomic E-state index is 0.0101. The summed E-state index contributed by atoms with van der Waals surface area (Å²) in [5.41, 5.74) is -0.196. The van der Waals surface area contributed by atoms with Crippen LogP contribution in [0.3, 0.4) is 0 Å². The van der Waals surface area contributed by atoms with Crippen LogP contribution >= 0.6 is 0 Å². The first-order valence-corrected chi connectivity index (χ1v) is 7.24. The maximum atomic E-state index is 12.0. The van der Waals surface area contributed by atoms with Crippen molar-refractivity contribution in [3.05, 3.63) is 40.3 Å². The molecule has 0 saturated heterocycles. The highest BCUT2D eigenvalue weighted by Gasteiger charge is 2.29. The standard InChI is InChI=1S/C15H19N5O4/c1-15(2,14(21)19(3)4)16-9-12-17-18-13(24-12)10-5-7-11(8-6-10)20(22)23/h5-8,16H,9H2,1-4H3. The highest BCUT2D eigenvalue weighted by molar-refractivity contribution is 5.85. The number of rotatable bonds is 6. The second kappa shape index (κ2) is 6.75. The van der Waals surface area contributed by atoms with Crippen LogP contribution in [0, 0.1) is 10.1 Å². The molecule has 9 heteroatoms. The zero-order valence-electron chi connectivity index (χ0n) is 13.9. The van der Waals surface area contributed by atoms with E-state index in [1.54, 1.807) is 40.1 Å². The zero-order chi connectivity index (χ0) is 17.9. The van der Waals surface area contributed by atoms with Gasteiger partial charge in [0.15, 0.2) is 0 Å². The number of non-ortho nitro benzene ring substituents is 1. The summed E-state index contributed by atoms with van der Waals surface area (Å²) in [4.78, 5) is 23.7. The van der Waals surface area contributed by atoms with Gasteiger partial charge in [0.2, 0.25) is 17.7 Å². The largest absolute Gasteiger partial charge is 0.419 e. The molecule has 0 bridgehead atoms. The molecule has 0 aliphatic rings. The van der Waals surface area contributed by atoms with Crippen LogP contribution in [0.25, 0.3) is 11.5 Å². The third-order valence-corrected chi connectivity index (χ3v) is 3.41. The highest BCUT2D eigenvalue weighted by atomic mass is 16.6. The van der Waals surface area contributed by atoms with Crippen LogP contribution in [-0.4, -0.2) is 45.6 Å². The highest BCUT2D eigenvalue weighted by Crippen LogP contribution is 2.21. The third-order valence-electron chi connectivity index (χ3n) is 3.41. The zero-order valence-corrected chi connectivity index (χ0v) is 13.9. The Hall–Kier alpha value is -2.81. The molecule has 0 radical (unpaired) electrons. The fourth-order valence-electron chi connectivity index (χ4n) is 2.10. The molecule has 1 heterocycles. The Labute approximate surface area is 138 Å². The molecule has 128 valence electrons. The molecule has 1 amide bonds. The number of likely N-dealkylation sites (N-methyl/N-ethyl adjacent to an activating group) is 1. The lowest BCUT2D eigenvalue weighted by Gasteiger charge is -2.27. The SMILES string of the molecule is CN(C)C(=O)C(C)(C)NCc1nnc(-c2ccc([N+](=O)[O-])cc2)o1. The van der Waals surface area contributed by atoms with Gasteiger partial charge in [-0.2, -0.15) is 0 Å². The number of hydrogen-bond acceptors (Lipinski definition) is 7. The van der Waals surface area contributed by atoms with Gasteiger partial charge in [-0.1, -0.05) is 0 Å². The molecule has 1 aromatic carbocycles. The molecule has 0 aliphatic heterocycles. The van der Waals surface area contributed by atoms with Gasteiger partial charge in [-0.15, -0.1) is 10.2 Å². The molecule has 0 saturated carbocycles. The molecule has 2 rings (SSSR count). The van der Waals surface area contributed by atoms with E-state index in [0.29, 0.717) is 11.5 Å². The molecule has 1 aromatic heterocycles. The summed E-state index contributed by atoms with van der Waals surface area (Å²) < 4.78 is 5.53. The van der Waals surface area contributed by atoms with E-state index in [-0.39, 0.29) is 24.0 Å². The van der Waals surface area contributed by atoms with Crippen molar-refractivity contribution < 1.29 is 14.1 Å². The van der Waals surface area contributed by atoms with Crippen molar-refractivity contribution in [2.24, 2.45) is 0 Å². The molecule has 0 atom stereocenters. The number of carbonyl (C=O) groups is 1. The molecule has 0 aliphatic carbocycles. The molecule has 1 N–H and O–H groups in total. The predicted molar refractivity (Wildman–Crippen MR) is 86.0 cm³/mol. The summed E-state index contributed by atoms with van der Waals surface area (Å²) in [6.45, 7) is 3.76. The minimum atomic E-state index is -0.772. The van der Waals surface area contributed by atoms with Gasteiger partial charge in [-0.3, -0.25) is 20.2 Å². The summed E-state index contributed by atoms with van der Waals surface area (Å²) in [5.74, 6) is 0.513. The number of carbonyl (C=O) groups excluding carboxylic acids is 1. The van der Waals surface area contributed by atoms with Crippen molar-refractivity contribution in [1.82, 2.24) is 20.4 Å². The second-order valence-corrected chi connectivity index (χ2v) is 5.98. The van der Waals surface area contributed by atoms with E-state index >= 15 is 0 Å². The topological polar surface area (TPSA) is 114 Å². The first-order valence-electron chi connectivity index (χ1n) is 7.24. The molecule has 0 fully saturated rings. The molecule has 0 unspecified atom stereocenters. The van der Waals surface area contributed by atoms with Gasteiger partial charge in [0.1, 0.15) is 0 Å². The Bertz CT molecular complexity index is 737. The van der Waals surface area contributed by atoms with Gasteiger partial charge in [0.05, 0.1) is 17.0 Å². The van der Waals surface area contributed by atoms with Crippen LogP contribution in [0.5, 0.6) is 0 Å². The number of hydrogen-bond donors (Lipinski definition) is 1. The van der Waals surface area contributed by atoms with Crippen LogP contribution in [0.2, 0.25) is 0 Å². The summed E-state index contributed by atoms with van der Waals surface area (Å²) in [7, 11) is 3.37. The van der Waals surface area contributed by atoms with Crippen LogP contribution in [-0.2, 0) is 11.3 Å². The second-order valence-electron chi connectivity index (χ2n) is 5.98. The molecular formula is C15H19N5O4. The van der Waals surface area contributed by atoms with Crippen LogP contribution < -0.4 is 5.32 Å². The first kappa shape index (κ1) is 17.5. The van der Waals surface area contributed by atoms with Crippen molar-refractivity contribution in [3.8, 4) is 11.5 Å². The van der Waals surface area contributed by atoms with Gasteiger partial charge in [0, 0.05) is 31.8 Å². The Morgan fingerprint density at radius 1 is 1.29 bits per heavy atom. The lowest BCUT2D eigenvalue weighted by Crippen LogP contribution is -2.51. The van der Waals surface area contributed by atoms with Crippen molar-refractivity contribution in [3.63, 3.8) is 0 Å². The predicted octanol–water partition coefficient (Wildman–Crippen LogP) is 1.60. The van der Waals surface area contributed by atoms with Gasteiger partial charge in [-0.25, -0.2) is 0 Å². The van der Waals surface area contributed by atoms with Crippen LogP contribution in [0.15, 0.2) is 28.7 Å². The average Bonchev–Trinajstić information content (AvgIpc) is 3.01. The monoisotopic (exact) mass is 333 g/mol. The van der Waals surface area contributed by atoms with E-state index in [1.165, 1.54) is 17.0 Å².